The van der Waals surface area contributed by atoms with E-state index in [-0.39, 0.29) is 30.1 Å². The molecule has 28 heavy (non-hydrogen) atoms. The van der Waals surface area contributed by atoms with Crippen molar-refractivity contribution in [3.8, 4) is 0 Å². The highest BCUT2D eigenvalue weighted by atomic mass is 32.2. The summed E-state index contributed by atoms with van der Waals surface area (Å²) in [6.45, 7) is 1.58. The molecule has 1 unspecified atom stereocenters. The summed E-state index contributed by atoms with van der Waals surface area (Å²) in [5.74, 6) is -1.40. The smallest absolute Gasteiger partial charge is 0.306 e. The van der Waals surface area contributed by atoms with Gasteiger partial charge in [-0.15, -0.1) is 0 Å². The van der Waals surface area contributed by atoms with Gasteiger partial charge in [0.2, 0.25) is 15.8 Å². The third-order valence-electron chi connectivity index (χ3n) is 4.11. The molecule has 0 radical (unpaired) electrons. The number of ketones is 1. The summed E-state index contributed by atoms with van der Waals surface area (Å²) in [5.41, 5.74) is 0.452. The zero-order valence-electron chi connectivity index (χ0n) is 15.7. The van der Waals surface area contributed by atoms with Crippen molar-refractivity contribution in [3.05, 3.63) is 66.0 Å². The number of sulfonamides is 1. The summed E-state index contributed by atoms with van der Waals surface area (Å²) in [5, 5.41) is 0. The van der Waals surface area contributed by atoms with Crippen LogP contribution in [0, 0.1) is 5.82 Å². The van der Waals surface area contributed by atoms with Gasteiger partial charge in [0.15, 0.2) is 6.10 Å². The topological polar surface area (TPSA) is 80.8 Å². The fraction of sp³-hybridized carbons (Fsp3) is 0.300. The van der Waals surface area contributed by atoms with E-state index in [1.54, 1.807) is 30.3 Å². The standard InChI is InChI=1S/C20H22FNO5S/c1-15(20(24)16-7-4-3-5-8-16)27-19(23)9-6-14-22(2)28(25,26)18-12-10-17(21)11-13-18/h3-5,7-8,10-13,15H,6,9,14H2,1-2H3. The number of rotatable bonds is 9. The third-order valence-corrected chi connectivity index (χ3v) is 5.98. The Bertz CT molecular complexity index is 913. The number of esters is 1. The Labute approximate surface area is 164 Å². The molecule has 2 rings (SSSR count). The summed E-state index contributed by atoms with van der Waals surface area (Å²) in [6, 6.07) is 13.0. The molecular weight excluding hydrogens is 385 g/mol. The molecule has 0 aromatic heterocycles. The Kier molecular flexibility index (Phi) is 7.42. The Morgan fingerprint density at radius 3 is 2.29 bits per heavy atom. The largest absolute Gasteiger partial charge is 0.454 e. The number of hydrogen-bond donors (Lipinski definition) is 0. The fourth-order valence-corrected chi connectivity index (χ4v) is 3.71. The maximum Gasteiger partial charge on any atom is 0.306 e. The Hall–Kier alpha value is -2.58. The van der Waals surface area contributed by atoms with Gasteiger partial charge in [-0.25, -0.2) is 17.1 Å². The van der Waals surface area contributed by atoms with E-state index < -0.39 is 27.9 Å². The number of ether oxygens (including phenoxy) is 1. The van der Waals surface area contributed by atoms with Crippen molar-refractivity contribution in [3.63, 3.8) is 0 Å². The molecule has 0 spiro atoms. The number of Topliss-reactive ketones (excluding diaryl/α,β-unsaturated/α-hetero) is 1. The van der Waals surface area contributed by atoms with Crippen molar-refractivity contribution in [1.29, 1.82) is 0 Å². The molecule has 0 amide bonds. The number of nitrogens with zero attached hydrogens (tertiary/aromatic N) is 1. The quantitative estimate of drug-likeness (QED) is 0.471. The highest BCUT2D eigenvalue weighted by molar-refractivity contribution is 7.89. The molecule has 0 aliphatic carbocycles. The van der Waals surface area contributed by atoms with Gasteiger partial charge in [-0.2, -0.15) is 0 Å². The first-order valence-electron chi connectivity index (χ1n) is 8.72. The Morgan fingerprint density at radius 2 is 1.68 bits per heavy atom. The van der Waals surface area contributed by atoms with Gasteiger partial charge in [0.1, 0.15) is 5.82 Å². The van der Waals surface area contributed by atoms with E-state index in [9.17, 15) is 22.4 Å². The van der Waals surface area contributed by atoms with Crippen molar-refractivity contribution in [1.82, 2.24) is 4.31 Å². The van der Waals surface area contributed by atoms with E-state index in [1.165, 1.54) is 26.1 Å². The Morgan fingerprint density at radius 1 is 1.07 bits per heavy atom. The van der Waals surface area contributed by atoms with E-state index in [2.05, 4.69) is 0 Å². The molecule has 0 aliphatic heterocycles. The molecule has 0 fully saturated rings. The van der Waals surface area contributed by atoms with Crippen LogP contribution in [0.5, 0.6) is 0 Å². The first-order chi connectivity index (χ1) is 13.2. The molecule has 0 bridgehead atoms. The minimum atomic E-state index is -3.77. The van der Waals surface area contributed by atoms with E-state index in [0.717, 1.165) is 16.4 Å². The van der Waals surface area contributed by atoms with E-state index in [1.807, 2.05) is 0 Å². The summed E-state index contributed by atoms with van der Waals surface area (Å²) < 4.78 is 43.9. The van der Waals surface area contributed by atoms with Crippen LogP contribution in [-0.4, -0.2) is 44.2 Å². The van der Waals surface area contributed by atoms with Crippen molar-refractivity contribution >= 4 is 21.8 Å². The SMILES string of the molecule is CC(OC(=O)CCCN(C)S(=O)(=O)c1ccc(F)cc1)C(=O)c1ccccc1. The number of halogens is 1. The Balaban J connectivity index is 1.82. The molecule has 150 valence electrons. The zero-order chi connectivity index (χ0) is 20.7. The second-order valence-corrected chi connectivity index (χ2v) is 8.29. The van der Waals surface area contributed by atoms with Crippen LogP contribution >= 0.6 is 0 Å². The van der Waals surface area contributed by atoms with Gasteiger partial charge in [-0.3, -0.25) is 9.59 Å². The van der Waals surface area contributed by atoms with Gasteiger partial charge in [-0.05, 0) is 37.6 Å². The molecule has 0 N–H and O–H groups in total. The second-order valence-electron chi connectivity index (χ2n) is 6.25. The lowest BCUT2D eigenvalue weighted by Gasteiger charge is -2.17. The van der Waals surface area contributed by atoms with Crippen molar-refractivity contribution < 1.29 is 27.1 Å². The minimum Gasteiger partial charge on any atom is -0.454 e. The van der Waals surface area contributed by atoms with Crippen LogP contribution in [0.15, 0.2) is 59.5 Å². The second kappa shape index (κ2) is 9.57. The molecule has 6 nitrogen and oxygen atoms in total. The van der Waals surface area contributed by atoms with Crippen LogP contribution < -0.4 is 0 Å². The maximum atomic E-state index is 13.0. The van der Waals surface area contributed by atoms with Crippen molar-refractivity contribution in [2.45, 2.75) is 30.8 Å². The molecule has 0 heterocycles. The third kappa shape index (κ3) is 5.71. The average Bonchev–Trinajstić information content (AvgIpc) is 2.68. The van der Waals surface area contributed by atoms with Crippen molar-refractivity contribution in [2.75, 3.05) is 13.6 Å². The van der Waals surface area contributed by atoms with E-state index in [0.29, 0.717) is 5.56 Å². The molecule has 0 saturated carbocycles. The summed E-state index contributed by atoms with van der Waals surface area (Å²) in [4.78, 5) is 24.1. The maximum absolute atomic E-state index is 13.0. The van der Waals surface area contributed by atoms with Gasteiger partial charge in [-0.1, -0.05) is 30.3 Å². The predicted octanol–water partition coefficient (Wildman–Crippen LogP) is 3.04. The highest BCUT2D eigenvalue weighted by Gasteiger charge is 2.22. The monoisotopic (exact) mass is 407 g/mol. The van der Waals surface area contributed by atoms with Gasteiger partial charge in [0.25, 0.3) is 0 Å². The van der Waals surface area contributed by atoms with Gasteiger partial charge in [0.05, 0.1) is 4.90 Å². The molecule has 2 aromatic carbocycles. The van der Waals surface area contributed by atoms with E-state index in [4.69, 9.17) is 4.74 Å². The van der Waals surface area contributed by atoms with Gasteiger partial charge in [0, 0.05) is 25.6 Å². The average molecular weight is 407 g/mol. The lowest BCUT2D eigenvalue weighted by atomic mass is 10.1. The van der Waals surface area contributed by atoms with Crippen molar-refractivity contribution in [2.24, 2.45) is 0 Å². The summed E-state index contributed by atoms with van der Waals surface area (Å²) in [7, 11) is -2.39. The number of hydrogen-bond acceptors (Lipinski definition) is 5. The summed E-state index contributed by atoms with van der Waals surface area (Å²) in [6.07, 6.45) is -0.729. The zero-order valence-corrected chi connectivity index (χ0v) is 16.5. The van der Waals surface area contributed by atoms with Crippen LogP contribution in [-0.2, 0) is 19.6 Å². The molecular formula is C20H22FNO5S. The molecule has 0 saturated heterocycles. The van der Waals surface area contributed by atoms with Gasteiger partial charge < -0.3 is 4.74 Å². The number of benzene rings is 2. The molecule has 0 aliphatic rings. The minimum absolute atomic E-state index is 0.0268. The number of carbonyl (C=O) groups excluding carboxylic acids is 2. The van der Waals surface area contributed by atoms with Crippen LogP contribution in [0.2, 0.25) is 0 Å². The number of carbonyl (C=O) groups is 2. The highest BCUT2D eigenvalue weighted by Crippen LogP contribution is 2.15. The lowest BCUT2D eigenvalue weighted by molar-refractivity contribution is -0.146. The molecule has 1 atom stereocenters. The summed E-state index contributed by atoms with van der Waals surface area (Å²) >= 11 is 0. The van der Waals surface area contributed by atoms with Crippen LogP contribution in [0.4, 0.5) is 4.39 Å². The molecule has 2 aromatic rings. The first-order valence-corrected chi connectivity index (χ1v) is 10.2. The lowest BCUT2D eigenvalue weighted by Crippen LogP contribution is -2.29. The predicted molar refractivity (Wildman–Crippen MR) is 102 cm³/mol. The first kappa shape index (κ1) is 21.7. The van der Waals surface area contributed by atoms with Crippen LogP contribution in [0.1, 0.15) is 30.1 Å². The van der Waals surface area contributed by atoms with Crippen LogP contribution in [0.25, 0.3) is 0 Å². The normalized spacial score (nSPS) is 12.6. The fourth-order valence-electron chi connectivity index (χ4n) is 2.50. The molecule has 8 heteroatoms. The van der Waals surface area contributed by atoms with Crippen LogP contribution in [0.3, 0.4) is 0 Å². The van der Waals surface area contributed by atoms with Gasteiger partial charge >= 0.3 is 5.97 Å². The van der Waals surface area contributed by atoms with E-state index >= 15 is 0 Å².